The first kappa shape index (κ1) is 14.7. The van der Waals surface area contributed by atoms with Gasteiger partial charge in [-0.05, 0) is 53.6 Å². The van der Waals surface area contributed by atoms with Gasteiger partial charge in [0, 0.05) is 12.7 Å². The Morgan fingerprint density at radius 2 is 1.95 bits per heavy atom. The molecule has 1 aromatic heterocycles. The predicted octanol–water partition coefficient (Wildman–Crippen LogP) is 4.16. The Bertz CT molecular complexity index is 617. The molecule has 0 aliphatic carbocycles. The van der Waals surface area contributed by atoms with Gasteiger partial charge in [0.05, 0.1) is 15.9 Å². The third-order valence-electron chi connectivity index (χ3n) is 2.93. The number of methoxy groups -OCH3 is 1. The molecular weight excluding hydrogens is 375 g/mol. The Morgan fingerprint density at radius 1 is 1.21 bits per heavy atom. The van der Waals surface area contributed by atoms with E-state index in [-0.39, 0.29) is 0 Å². The van der Waals surface area contributed by atoms with Gasteiger partial charge in [-0.3, -0.25) is 0 Å². The largest absolute Gasteiger partial charge is 0.378 e. The normalized spacial score (nSPS) is 10.8. The van der Waals surface area contributed by atoms with E-state index in [1.807, 2.05) is 6.07 Å². The van der Waals surface area contributed by atoms with Crippen molar-refractivity contribution in [2.24, 2.45) is 0 Å². The smallest absolute Gasteiger partial charge is 0.161 e. The van der Waals surface area contributed by atoms with Crippen molar-refractivity contribution < 1.29 is 4.74 Å². The highest BCUT2D eigenvalue weighted by atomic mass is 127. The molecule has 0 aliphatic rings. The fourth-order valence-corrected chi connectivity index (χ4v) is 2.29. The van der Waals surface area contributed by atoms with Crippen LogP contribution in [0.4, 0.5) is 0 Å². The van der Waals surface area contributed by atoms with Crippen LogP contribution in [-0.2, 0) is 11.3 Å². The number of aromatic nitrogens is 2. The van der Waals surface area contributed by atoms with Gasteiger partial charge < -0.3 is 4.74 Å². The van der Waals surface area contributed by atoms with Crippen LogP contribution >= 0.6 is 34.2 Å². The molecule has 0 amide bonds. The predicted molar refractivity (Wildman–Crippen MR) is 85.4 cm³/mol. The number of halogens is 2. The van der Waals surface area contributed by atoms with E-state index in [9.17, 15) is 0 Å². The molecule has 0 radical (unpaired) electrons. The minimum atomic E-state index is 0.429. The standard InChI is InChI=1S/C14H14ClIN2O/c1-8-4-5-10(6-9(8)2)14-17-11(7-19-3)12(16)13(15)18-14/h4-6H,7H2,1-3H3. The molecule has 0 N–H and O–H groups in total. The van der Waals surface area contributed by atoms with Crippen molar-refractivity contribution in [1.82, 2.24) is 9.97 Å². The molecule has 5 heteroatoms. The van der Waals surface area contributed by atoms with E-state index < -0.39 is 0 Å². The summed E-state index contributed by atoms with van der Waals surface area (Å²) in [6.45, 7) is 4.58. The molecule has 3 nitrogen and oxygen atoms in total. The van der Waals surface area contributed by atoms with Crippen molar-refractivity contribution >= 4 is 34.2 Å². The van der Waals surface area contributed by atoms with E-state index >= 15 is 0 Å². The highest BCUT2D eigenvalue weighted by Crippen LogP contribution is 2.25. The van der Waals surface area contributed by atoms with Gasteiger partial charge in [-0.25, -0.2) is 9.97 Å². The highest BCUT2D eigenvalue weighted by Gasteiger charge is 2.12. The van der Waals surface area contributed by atoms with Gasteiger partial charge in [0.15, 0.2) is 5.82 Å². The fourth-order valence-electron chi connectivity index (χ4n) is 1.71. The van der Waals surface area contributed by atoms with Crippen LogP contribution < -0.4 is 0 Å². The summed E-state index contributed by atoms with van der Waals surface area (Å²) >= 11 is 8.30. The maximum Gasteiger partial charge on any atom is 0.161 e. The molecule has 0 saturated carbocycles. The minimum Gasteiger partial charge on any atom is -0.378 e. The second-order valence-corrected chi connectivity index (χ2v) is 5.77. The van der Waals surface area contributed by atoms with Gasteiger partial charge in [-0.1, -0.05) is 23.7 Å². The average molecular weight is 389 g/mol. The zero-order chi connectivity index (χ0) is 14.0. The monoisotopic (exact) mass is 388 g/mol. The molecule has 0 aliphatic heterocycles. The van der Waals surface area contributed by atoms with Crippen LogP contribution in [0.15, 0.2) is 18.2 Å². The van der Waals surface area contributed by atoms with Crippen molar-refractivity contribution in [2.45, 2.75) is 20.5 Å². The molecule has 0 fully saturated rings. The van der Waals surface area contributed by atoms with Gasteiger partial charge in [-0.2, -0.15) is 0 Å². The summed E-state index contributed by atoms with van der Waals surface area (Å²) in [7, 11) is 1.64. The van der Waals surface area contributed by atoms with E-state index in [0.29, 0.717) is 17.6 Å². The summed E-state index contributed by atoms with van der Waals surface area (Å²) in [5, 5.41) is 0.468. The number of rotatable bonds is 3. The van der Waals surface area contributed by atoms with Crippen LogP contribution in [0, 0.1) is 17.4 Å². The lowest BCUT2D eigenvalue weighted by Crippen LogP contribution is -2.02. The number of hydrogen-bond donors (Lipinski definition) is 0. The molecule has 19 heavy (non-hydrogen) atoms. The lowest BCUT2D eigenvalue weighted by Gasteiger charge is -2.09. The quantitative estimate of drug-likeness (QED) is 0.585. The van der Waals surface area contributed by atoms with E-state index in [1.54, 1.807) is 7.11 Å². The summed E-state index contributed by atoms with van der Waals surface area (Å²) in [4.78, 5) is 8.88. The lowest BCUT2D eigenvalue weighted by atomic mass is 10.1. The molecule has 0 saturated heterocycles. The number of aryl methyl sites for hydroxylation is 2. The zero-order valence-electron chi connectivity index (χ0n) is 11.0. The van der Waals surface area contributed by atoms with Crippen molar-refractivity contribution in [3.8, 4) is 11.4 Å². The molecule has 100 valence electrons. The van der Waals surface area contributed by atoms with Crippen LogP contribution in [0.5, 0.6) is 0 Å². The summed E-state index contributed by atoms with van der Waals surface area (Å²) in [6, 6.07) is 6.15. The summed E-state index contributed by atoms with van der Waals surface area (Å²) in [5.41, 5.74) is 4.25. The first-order valence-electron chi connectivity index (χ1n) is 5.81. The van der Waals surface area contributed by atoms with Gasteiger partial charge in [0.25, 0.3) is 0 Å². The second kappa shape index (κ2) is 6.15. The third-order valence-corrected chi connectivity index (χ3v) is 4.65. The van der Waals surface area contributed by atoms with E-state index in [1.165, 1.54) is 11.1 Å². The maximum atomic E-state index is 6.16. The second-order valence-electron chi connectivity index (χ2n) is 4.33. The van der Waals surface area contributed by atoms with Gasteiger partial charge >= 0.3 is 0 Å². The summed E-state index contributed by atoms with van der Waals surface area (Å²) < 4.78 is 5.99. The topological polar surface area (TPSA) is 35.0 Å². The van der Waals surface area contributed by atoms with Crippen molar-refractivity contribution in [3.63, 3.8) is 0 Å². The first-order valence-corrected chi connectivity index (χ1v) is 7.27. The molecule has 2 aromatic rings. The van der Waals surface area contributed by atoms with Crippen LogP contribution in [-0.4, -0.2) is 17.1 Å². The Balaban J connectivity index is 2.52. The Kier molecular flexibility index (Phi) is 4.76. The Labute approximate surface area is 131 Å². The SMILES string of the molecule is COCc1nc(-c2ccc(C)c(C)c2)nc(Cl)c1I. The van der Waals surface area contributed by atoms with Crippen LogP contribution in [0.25, 0.3) is 11.4 Å². The van der Waals surface area contributed by atoms with Gasteiger partial charge in [0.2, 0.25) is 0 Å². The number of hydrogen-bond acceptors (Lipinski definition) is 3. The lowest BCUT2D eigenvalue weighted by molar-refractivity contribution is 0.181. The molecule has 0 spiro atoms. The molecule has 0 atom stereocenters. The van der Waals surface area contributed by atoms with Crippen LogP contribution in [0.1, 0.15) is 16.8 Å². The zero-order valence-corrected chi connectivity index (χ0v) is 13.9. The highest BCUT2D eigenvalue weighted by molar-refractivity contribution is 14.1. The Morgan fingerprint density at radius 3 is 2.58 bits per heavy atom. The summed E-state index contributed by atoms with van der Waals surface area (Å²) in [6.07, 6.45) is 0. The van der Waals surface area contributed by atoms with Crippen LogP contribution in [0.2, 0.25) is 5.15 Å². The van der Waals surface area contributed by atoms with Gasteiger partial charge in [0.1, 0.15) is 5.15 Å². The molecule has 2 rings (SSSR count). The van der Waals surface area contributed by atoms with Crippen molar-refractivity contribution in [1.29, 1.82) is 0 Å². The van der Waals surface area contributed by atoms with Crippen LogP contribution in [0.3, 0.4) is 0 Å². The fraction of sp³-hybridized carbons (Fsp3) is 0.286. The van der Waals surface area contributed by atoms with Gasteiger partial charge in [-0.15, -0.1) is 0 Å². The molecule has 0 unspecified atom stereocenters. The van der Waals surface area contributed by atoms with E-state index in [4.69, 9.17) is 16.3 Å². The van der Waals surface area contributed by atoms with Crippen molar-refractivity contribution in [3.05, 3.63) is 43.7 Å². The number of ether oxygens (including phenoxy) is 1. The van der Waals surface area contributed by atoms with Crippen molar-refractivity contribution in [2.75, 3.05) is 7.11 Å². The molecule has 1 aromatic carbocycles. The Hall–Kier alpha value is -0.720. The first-order chi connectivity index (χ1) is 9.02. The third kappa shape index (κ3) is 3.24. The maximum absolute atomic E-state index is 6.16. The number of benzene rings is 1. The molecule has 1 heterocycles. The molecule has 0 bridgehead atoms. The molecular formula is C14H14ClIN2O. The number of nitrogens with zero attached hydrogens (tertiary/aromatic N) is 2. The summed E-state index contributed by atoms with van der Waals surface area (Å²) in [5.74, 6) is 0.639. The minimum absolute atomic E-state index is 0.429. The van der Waals surface area contributed by atoms with E-state index in [0.717, 1.165) is 14.8 Å². The van der Waals surface area contributed by atoms with E-state index in [2.05, 4.69) is 58.5 Å². The average Bonchev–Trinajstić information content (AvgIpc) is 2.38.